The van der Waals surface area contributed by atoms with Gasteiger partial charge in [0.25, 0.3) is 0 Å². The average molecular weight is 201 g/mol. The first-order valence-electron chi connectivity index (χ1n) is 3.54. The van der Waals surface area contributed by atoms with Crippen LogP contribution in [0.25, 0.3) is 0 Å². The van der Waals surface area contributed by atoms with E-state index in [0.29, 0.717) is 5.03 Å². The third-order valence-electron chi connectivity index (χ3n) is 1.26. The number of carbonyl (C=O) groups excluding carboxylic acids is 1. The average Bonchev–Trinajstić information content (AvgIpc) is 2.14. The molecule has 3 nitrogen and oxygen atoms in total. The van der Waals surface area contributed by atoms with Crippen LogP contribution in [0.5, 0.6) is 0 Å². The Morgan fingerprint density at radius 1 is 1.69 bits per heavy atom. The number of ether oxygens (including phenoxy) is 1. The van der Waals surface area contributed by atoms with Gasteiger partial charge in [0.1, 0.15) is 0 Å². The van der Waals surface area contributed by atoms with Crippen LogP contribution in [0.2, 0.25) is 0 Å². The van der Waals surface area contributed by atoms with E-state index in [-0.39, 0.29) is 11.7 Å². The highest BCUT2D eigenvalue weighted by Crippen LogP contribution is 2.14. The third-order valence-corrected chi connectivity index (χ3v) is 2.16. The maximum absolute atomic E-state index is 12.5. The summed E-state index contributed by atoms with van der Waals surface area (Å²) in [5, 5.41) is 0.477. The van der Waals surface area contributed by atoms with Gasteiger partial charge < -0.3 is 4.74 Å². The van der Waals surface area contributed by atoms with Crippen LogP contribution >= 0.6 is 11.8 Å². The predicted octanol–water partition coefficient (Wildman–Crippen LogP) is 1.49. The van der Waals surface area contributed by atoms with Crippen molar-refractivity contribution in [3.63, 3.8) is 0 Å². The van der Waals surface area contributed by atoms with Gasteiger partial charge >= 0.3 is 5.97 Å². The first-order valence-corrected chi connectivity index (χ1v) is 4.53. The van der Waals surface area contributed by atoms with E-state index in [1.165, 1.54) is 13.2 Å². The van der Waals surface area contributed by atoms with E-state index < -0.39 is 5.95 Å². The van der Waals surface area contributed by atoms with Gasteiger partial charge in [0.05, 0.1) is 17.9 Å². The summed E-state index contributed by atoms with van der Waals surface area (Å²) in [5.74, 6) is -0.752. The molecule has 70 valence electrons. The Morgan fingerprint density at radius 2 is 2.46 bits per heavy atom. The summed E-state index contributed by atoms with van der Waals surface area (Å²) in [5.41, 5.74) is 0. The standard InChI is InChI=1S/C8H8FNO2S/c1-12-8(11)5-13-7-4-2-3-6(9)10-7/h2-4H,5H2,1H3. The molecule has 0 radical (unpaired) electrons. The molecule has 5 heteroatoms. The van der Waals surface area contributed by atoms with Crippen LogP contribution in [0.4, 0.5) is 4.39 Å². The first-order chi connectivity index (χ1) is 6.22. The van der Waals surface area contributed by atoms with Crippen LogP contribution in [-0.4, -0.2) is 23.8 Å². The number of rotatable bonds is 3. The number of hydrogen-bond acceptors (Lipinski definition) is 4. The molecule has 1 aromatic heterocycles. The van der Waals surface area contributed by atoms with Crippen molar-refractivity contribution in [1.82, 2.24) is 4.98 Å². The molecule has 0 aliphatic rings. The number of carbonyl (C=O) groups is 1. The highest BCUT2D eigenvalue weighted by Gasteiger charge is 2.03. The van der Waals surface area contributed by atoms with E-state index in [2.05, 4.69) is 9.72 Å². The van der Waals surface area contributed by atoms with E-state index >= 15 is 0 Å². The Balaban J connectivity index is 2.50. The van der Waals surface area contributed by atoms with E-state index in [0.717, 1.165) is 11.8 Å². The lowest BCUT2D eigenvalue weighted by Gasteiger charge is -1.98. The fourth-order valence-electron chi connectivity index (χ4n) is 0.662. The number of methoxy groups -OCH3 is 1. The van der Waals surface area contributed by atoms with Gasteiger partial charge in [0.2, 0.25) is 5.95 Å². The van der Waals surface area contributed by atoms with Gasteiger partial charge in [-0.25, -0.2) is 4.98 Å². The normalized spacial score (nSPS) is 9.69. The Morgan fingerprint density at radius 3 is 3.08 bits per heavy atom. The zero-order valence-corrected chi connectivity index (χ0v) is 7.81. The SMILES string of the molecule is COC(=O)CSc1cccc(F)n1. The Labute approximate surface area is 79.3 Å². The van der Waals surface area contributed by atoms with Crippen molar-refractivity contribution in [2.75, 3.05) is 12.9 Å². The molecule has 1 heterocycles. The lowest BCUT2D eigenvalue weighted by atomic mass is 10.5. The molecule has 1 aromatic rings. The second kappa shape index (κ2) is 4.81. The molecule has 0 aliphatic carbocycles. The van der Waals surface area contributed by atoms with Crippen molar-refractivity contribution in [3.8, 4) is 0 Å². The molecule has 0 amide bonds. The maximum Gasteiger partial charge on any atom is 0.316 e. The molecule has 0 aromatic carbocycles. The molecule has 13 heavy (non-hydrogen) atoms. The van der Waals surface area contributed by atoms with Crippen molar-refractivity contribution in [3.05, 3.63) is 24.1 Å². The van der Waals surface area contributed by atoms with Crippen LogP contribution < -0.4 is 0 Å². The first kappa shape index (κ1) is 9.98. The fraction of sp³-hybridized carbons (Fsp3) is 0.250. The van der Waals surface area contributed by atoms with Gasteiger partial charge in [-0.3, -0.25) is 4.79 Å². The minimum atomic E-state index is -0.546. The number of esters is 1. The van der Waals surface area contributed by atoms with Gasteiger partial charge in [0.15, 0.2) is 0 Å². The fourth-order valence-corrected chi connectivity index (χ4v) is 1.37. The summed E-state index contributed by atoms with van der Waals surface area (Å²) in [7, 11) is 1.31. The van der Waals surface area contributed by atoms with E-state index in [1.54, 1.807) is 12.1 Å². The lowest BCUT2D eigenvalue weighted by Crippen LogP contribution is -2.03. The third kappa shape index (κ3) is 3.42. The molecule has 1 rings (SSSR count). The highest BCUT2D eigenvalue weighted by atomic mass is 32.2. The van der Waals surface area contributed by atoms with Gasteiger partial charge in [-0.05, 0) is 12.1 Å². The van der Waals surface area contributed by atoms with Gasteiger partial charge in [-0.1, -0.05) is 17.8 Å². The summed E-state index contributed by atoms with van der Waals surface area (Å²) in [6.07, 6.45) is 0. The number of aromatic nitrogens is 1. The van der Waals surface area contributed by atoms with Crippen molar-refractivity contribution >= 4 is 17.7 Å². The molecule has 0 fully saturated rings. The van der Waals surface area contributed by atoms with Crippen molar-refractivity contribution in [2.45, 2.75) is 5.03 Å². The van der Waals surface area contributed by atoms with Crippen LogP contribution in [0.1, 0.15) is 0 Å². The summed E-state index contributed by atoms with van der Waals surface area (Å²) < 4.78 is 17.0. The largest absolute Gasteiger partial charge is 0.468 e. The predicted molar refractivity (Wildman–Crippen MR) is 46.9 cm³/mol. The molecule has 0 aliphatic heterocycles. The number of nitrogens with zero attached hydrogens (tertiary/aromatic N) is 1. The number of thioether (sulfide) groups is 1. The summed E-state index contributed by atoms with van der Waals surface area (Å²) >= 11 is 1.14. The molecule has 0 unspecified atom stereocenters. The zero-order valence-electron chi connectivity index (χ0n) is 6.99. The van der Waals surface area contributed by atoms with Crippen LogP contribution in [0.3, 0.4) is 0 Å². The van der Waals surface area contributed by atoms with Crippen LogP contribution in [0.15, 0.2) is 23.2 Å². The molecule has 0 bridgehead atoms. The quantitative estimate of drug-likeness (QED) is 0.422. The molecule has 0 saturated carbocycles. The van der Waals surface area contributed by atoms with Crippen molar-refractivity contribution < 1.29 is 13.9 Å². The summed E-state index contributed by atoms with van der Waals surface area (Å²) in [6, 6.07) is 4.43. The molecular formula is C8H8FNO2S. The van der Waals surface area contributed by atoms with Crippen LogP contribution in [0, 0.1) is 5.95 Å². The van der Waals surface area contributed by atoms with Gasteiger partial charge in [0, 0.05) is 0 Å². The van der Waals surface area contributed by atoms with Crippen molar-refractivity contribution in [1.29, 1.82) is 0 Å². The molecule has 0 spiro atoms. The molecular weight excluding hydrogens is 193 g/mol. The minimum Gasteiger partial charge on any atom is -0.468 e. The van der Waals surface area contributed by atoms with Gasteiger partial charge in [-0.15, -0.1) is 0 Å². The topological polar surface area (TPSA) is 39.2 Å². The molecule has 0 N–H and O–H groups in total. The molecule has 0 atom stereocenters. The van der Waals surface area contributed by atoms with Crippen LogP contribution in [-0.2, 0) is 9.53 Å². The van der Waals surface area contributed by atoms with E-state index in [9.17, 15) is 9.18 Å². The zero-order chi connectivity index (χ0) is 9.68. The van der Waals surface area contributed by atoms with E-state index in [1.807, 2.05) is 0 Å². The number of pyridine rings is 1. The summed E-state index contributed by atoms with van der Waals surface area (Å²) in [4.78, 5) is 14.3. The monoisotopic (exact) mass is 201 g/mol. The lowest BCUT2D eigenvalue weighted by molar-refractivity contribution is -0.137. The van der Waals surface area contributed by atoms with E-state index in [4.69, 9.17) is 0 Å². The smallest absolute Gasteiger partial charge is 0.316 e. The Hall–Kier alpha value is -1.10. The van der Waals surface area contributed by atoms with Gasteiger partial charge in [-0.2, -0.15) is 4.39 Å². The minimum absolute atomic E-state index is 0.146. The number of halogens is 1. The Bertz CT molecular complexity index is 306. The summed E-state index contributed by atoms with van der Waals surface area (Å²) in [6.45, 7) is 0. The second-order valence-electron chi connectivity index (χ2n) is 2.16. The molecule has 0 saturated heterocycles. The highest BCUT2D eigenvalue weighted by molar-refractivity contribution is 7.99. The number of hydrogen-bond donors (Lipinski definition) is 0. The van der Waals surface area contributed by atoms with Crippen molar-refractivity contribution in [2.24, 2.45) is 0 Å². The second-order valence-corrected chi connectivity index (χ2v) is 3.16. The Kier molecular flexibility index (Phi) is 3.70. The maximum atomic E-state index is 12.5.